The van der Waals surface area contributed by atoms with Gasteiger partial charge < -0.3 is 11.1 Å². The van der Waals surface area contributed by atoms with Gasteiger partial charge in [0.1, 0.15) is 10.7 Å². The Morgan fingerprint density at radius 2 is 2.11 bits per heavy atom. The van der Waals surface area contributed by atoms with E-state index in [2.05, 4.69) is 21.2 Å². The Bertz CT molecular complexity index is 592. The van der Waals surface area contributed by atoms with Crippen molar-refractivity contribution in [1.82, 2.24) is 10.0 Å². The second-order valence-electron chi connectivity index (χ2n) is 3.67. The van der Waals surface area contributed by atoms with E-state index in [-0.39, 0.29) is 15.1 Å². The fourth-order valence-electron chi connectivity index (χ4n) is 1.23. The molecule has 6 nitrogen and oxygen atoms in total. The van der Waals surface area contributed by atoms with Crippen LogP contribution >= 0.6 is 15.9 Å². The molecule has 4 N–H and O–H groups in total. The summed E-state index contributed by atoms with van der Waals surface area (Å²) in [5.74, 6) is -0.688. The van der Waals surface area contributed by atoms with Gasteiger partial charge in [0.2, 0.25) is 0 Å². The summed E-state index contributed by atoms with van der Waals surface area (Å²) in [4.78, 5) is 11.0. The maximum absolute atomic E-state index is 13.2. The lowest BCUT2D eigenvalue weighted by Crippen LogP contribution is -2.39. The number of urea groups is 1. The lowest BCUT2D eigenvalue weighted by atomic mass is 10.3. The van der Waals surface area contributed by atoms with Crippen LogP contribution in [0.5, 0.6) is 0 Å². The van der Waals surface area contributed by atoms with Gasteiger partial charge in [0.05, 0.1) is 10.2 Å². The predicted molar refractivity (Wildman–Crippen MR) is 72.5 cm³/mol. The molecule has 0 radical (unpaired) electrons. The molecule has 0 aliphatic rings. The average Bonchev–Trinajstić information content (AvgIpc) is 2.30. The zero-order valence-electron chi connectivity index (χ0n) is 10.0. The van der Waals surface area contributed by atoms with Gasteiger partial charge in [-0.15, -0.1) is 0 Å². The number of nitrogen functional groups attached to an aromatic ring is 1. The first-order chi connectivity index (χ1) is 8.77. The topological polar surface area (TPSA) is 101 Å². The van der Waals surface area contributed by atoms with Crippen LogP contribution in [0, 0.1) is 5.82 Å². The number of nitrogens with two attached hydrogens (primary N) is 1. The van der Waals surface area contributed by atoms with Gasteiger partial charge in [0.15, 0.2) is 0 Å². The molecule has 0 aromatic heterocycles. The molecule has 2 amide bonds. The SMILES string of the molecule is CCCNC(=O)NS(=O)(=O)c1cc(Br)c(F)cc1N. The third kappa shape index (κ3) is 4.06. The molecule has 0 unspecified atom stereocenters. The Hall–Kier alpha value is -1.35. The van der Waals surface area contributed by atoms with Crippen molar-refractivity contribution in [1.29, 1.82) is 0 Å². The Morgan fingerprint density at radius 3 is 2.68 bits per heavy atom. The van der Waals surface area contributed by atoms with Gasteiger partial charge in [-0.2, -0.15) is 0 Å². The summed E-state index contributed by atoms with van der Waals surface area (Å²) in [5, 5.41) is 2.35. The molecule has 1 aromatic rings. The van der Waals surface area contributed by atoms with E-state index in [0.29, 0.717) is 13.0 Å². The van der Waals surface area contributed by atoms with E-state index in [4.69, 9.17) is 5.73 Å². The van der Waals surface area contributed by atoms with E-state index in [0.717, 1.165) is 12.1 Å². The molecule has 0 atom stereocenters. The molecule has 106 valence electrons. The van der Waals surface area contributed by atoms with Crippen LogP contribution in [-0.2, 0) is 10.0 Å². The normalized spacial score (nSPS) is 11.1. The van der Waals surface area contributed by atoms with Gasteiger partial charge in [-0.05, 0) is 34.5 Å². The van der Waals surface area contributed by atoms with Crippen molar-refractivity contribution in [2.24, 2.45) is 0 Å². The van der Waals surface area contributed by atoms with E-state index in [1.807, 2.05) is 6.92 Å². The molecule has 9 heteroatoms. The van der Waals surface area contributed by atoms with Gasteiger partial charge >= 0.3 is 6.03 Å². The first kappa shape index (κ1) is 15.7. The van der Waals surface area contributed by atoms with Gasteiger partial charge in [-0.3, -0.25) is 0 Å². The van der Waals surface area contributed by atoms with E-state index in [1.165, 1.54) is 0 Å². The summed E-state index contributed by atoms with van der Waals surface area (Å²) < 4.78 is 38.7. The molecule has 0 bridgehead atoms. The minimum Gasteiger partial charge on any atom is -0.398 e. The number of sulfonamides is 1. The van der Waals surface area contributed by atoms with Gasteiger partial charge in [-0.25, -0.2) is 22.3 Å². The zero-order chi connectivity index (χ0) is 14.6. The van der Waals surface area contributed by atoms with Gasteiger partial charge in [0.25, 0.3) is 10.0 Å². The van der Waals surface area contributed by atoms with Crippen LogP contribution in [0.4, 0.5) is 14.9 Å². The van der Waals surface area contributed by atoms with Crippen molar-refractivity contribution in [2.45, 2.75) is 18.2 Å². The summed E-state index contributed by atoms with van der Waals surface area (Å²) in [5.41, 5.74) is 5.16. The maximum Gasteiger partial charge on any atom is 0.328 e. The van der Waals surface area contributed by atoms with Crippen LogP contribution in [0.15, 0.2) is 21.5 Å². The number of benzene rings is 1. The van der Waals surface area contributed by atoms with Crippen molar-refractivity contribution < 1.29 is 17.6 Å². The van der Waals surface area contributed by atoms with Crippen molar-refractivity contribution in [2.75, 3.05) is 12.3 Å². The molecular weight excluding hydrogens is 341 g/mol. The lowest BCUT2D eigenvalue weighted by Gasteiger charge is -2.10. The number of amides is 2. The smallest absolute Gasteiger partial charge is 0.328 e. The summed E-state index contributed by atoms with van der Waals surface area (Å²) in [7, 11) is -4.14. The Balaban J connectivity index is 3.01. The molecule has 0 aliphatic heterocycles. The standard InChI is InChI=1S/C10H13BrFN3O3S/c1-2-3-14-10(16)15-19(17,18)9-4-6(11)7(12)5-8(9)13/h4-5H,2-3,13H2,1H3,(H2,14,15,16). The predicted octanol–water partition coefficient (Wildman–Crippen LogP) is 1.57. The van der Waals surface area contributed by atoms with Crippen molar-refractivity contribution in [3.05, 3.63) is 22.4 Å². The fraction of sp³-hybridized carbons (Fsp3) is 0.300. The largest absolute Gasteiger partial charge is 0.398 e. The highest BCUT2D eigenvalue weighted by molar-refractivity contribution is 9.10. The molecule has 0 heterocycles. The third-order valence-corrected chi connectivity index (χ3v) is 4.10. The maximum atomic E-state index is 13.2. The molecule has 0 fully saturated rings. The second-order valence-corrected chi connectivity index (χ2v) is 6.17. The molecular formula is C10H13BrFN3O3S. The Morgan fingerprint density at radius 1 is 1.47 bits per heavy atom. The number of carbonyl (C=O) groups excluding carboxylic acids is 1. The molecule has 1 rings (SSSR count). The summed E-state index contributed by atoms with van der Waals surface area (Å²) in [6, 6.07) is 1.00. The number of hydrogen-bond donors (Lipinski definition) is 3. The van der Waals surface area contributed by atoms with Crippen LogP contribution in [0.25, 0.3) is 0 Å². The Kier molecular flexibility index (Phi) is 5.12. The number of rotatable bonds is 4. The van der Waals surface area contributed by atoms with E-state index in [1.54, 1.807) is 4.72 Å². The molecule has 1 aromatic carbocycles. The number of carbonyl (C=O) groups is 1. The van der Waals surface area contributed by atoms with Crippen molar-refractivity contribution in [3.63, 3.8) is 0 Å². The van der Waals surface area contributed by atoms with Gasteiger partial charge in [-0.1, -0.05) is 6.92 Å². The highest BCUT2D eigenvalue weighted by Crippen LogP contribution is 2.25. The molecule has 0 saturated carbocycles. The quantitative estimate of drug-likeness (QED) is 0.715. The summed E-state index contributed by atoms with van der Waals surface area (Å²) >= 11 is 2.86. The minimum atomic E-state index is -4.14. The number of halogens is 2. The average molecular weight is 354 g/mol. The Labute approximate surface area is 118 Å². The summed E-state index contributed by atoms with van der Waals surface area (Å²) in [6.07, 6.45) is 0.664. The van der Waals surface area contributed by atoms with Crippen molar-refractivity contribution >= 4 is 37.7 Å². The fourth-order valence-corrected chi connectivity index (χ4v) is 2.79. The molecule has 0 saturated heterocycles. The van der Waals surface area contributed by atoms with Gasteiger partial charge in [0, 0.05) is 6.54 Å². The monoisotopic (exact) mass is 353 g/mol. The van der Waals surface area contributed by atoms with Crippen LogP contribution in [0.1, 0.15) is 13.3 Å². The number of hydrogen-bond acceptors (Lipinski definition) is 4. The van der Waals surface area contributed by atoms with E-state index in [9.17, 15) is 17.6 Å². The lowest BCUT2D eigenvalue weighted by molar-refractivity contribution is 0.246. The molecule has 0 spiro atoms. The zero-order valence-corrected chi connectivity index (χ0v) is 12.4. The van der Waals surface area contributed by atoms with Crippen molar-refractivity contribution in [3.8, 4) is 0 Å². The molecule has 0 aliphatic carbocycles. The second kappa shape index (κ2) is 6.20. The van der Waals surface area contributed by atoms with Crippen LogP contribution < -0.4 is 15.8 Å². The van der Waals surface area contributed by atoms with Crippen LogP contribution in [0.2, 0.25) is 0 Å². The first-order valence-electron chi connectivity index (χ1n) is 5.33. The summed E-state index contributed by atoms with van der Waals surface area (Å²) in [6.45, 7) is 2.16. The number of nitrogens with one attached hydrogen (secondary N) is 2. The van der Waals surface area contributed by atoms with E-state index >= 15 is 0 Å². The highest BCUT2D eigenvalue weighted by atomic mass is 79.9. The molecule has 19 heavy (non-hydrogen) atoms. The minimum absolute atomic E-state index is 0.0592. The van der Waals surface area contributed by atoms with E-state index < -0.39 is 21.9 Å². The number of anilines is 1. The van der Waals surface area contributed by atoms with Crippen LogP contribution in [-0.4, -0.2) is 21.0 Å². The highest BCUT2D eigenvalue weighted by Gasteiger charge is 2.21. The third-order valence-electron chi connectivity index (χ3n) is 2.10. The van der Waals surface area contributed by atoms with Crippen LogP contribution in [0.3, 0.4) is 0 Å². The first-order valence-corrected chi connectivity index (χ1v) is 7.60.